The SMILES string of the molecule is N#CC1(NC(=O)COC(=O)CCNC(=O)/C=C/c2ccccc2)CCCC1. The highest BCUT2D eigenvalue weighted by molar-refractivity contribution is 5.91. The van der Waals surface area contributed by atoms with Crippen LogP contribution in [-0.4, -0.2) is 36.5 Å². The standard InChI is InChI=1S/C20H23N3O4/c21-15-20(11-4-5-12-20)23-18(25)14-27-19(26)10-13-22-17(24)9-8-16-6-2-1-3-7-16/h1-3,6-9H,4-5,10-14H2,(H,22,24)(H,23,25)/b9-8+. The van der Waals surface area contributed by atoms with Gasteiger partial charge in [-0.05, 0) is 37.3 Å². The fourth-order valence-electron chi connectivity index (χ4n) is 2.85. The van der Waals surface area contributed by atoms with Crippen LogP contribution in [0.5, 0.6) is 0 Å². The van der Waals surface area contributed by atoms with Crippen molar-refractivity contribution in [1.29, 1.82) is 5.26 Å². The Kier molecular flexibility index (Phi) is 7.56. The van der Waals surface area contributed by atoms with E-state index in [0.29, 0.717) is 12.8 Å². The Hall–Kier alpha value is -3.14. The Balaban J connectivity index is 1.62. The number of ether oxygens (including phenoxy) is 1. The maximum atomic E-state index is 11.9. The summed E-state index contributed by atoms with van der Waals surface area (Å²) in [6.07, 6.45) is 6.04. The molecule has 0 aliphatic heterocycles. The van der Waals surface area contributed by atoms with E-state index in [4.69, 9.17) is 4.74 Å². The molecule has 1 aromatic rings. The van der Waals surface area contributed by atoms with Crippen molar-refractivity contribution in [2.75, 3.05) is 13.2 Å². The molecule has 0 atom stereocenters. The number of rotatable bonds is 8. The Bertz CT molecular complexity index is 731. The number of hydrogen-bond acceptors (Lipinski definition) is 5. The number of carbonyl (C=O) groups excluding carboxylic acids is 3. The molecule has 7 heteroatoms. The number of esters is 1. The summed E-state index contributed by atoms with van der Waals surface area (Å²) < 4.78 is 4.89. The van der Waals surface area contributed by atoms with Crippen LogP contribution in [0.3, 0.4) is 0 Å². The third-order valence-corrected chi connectivity index (χ3v) is 4.27. The molecule has 0 unspecified atom stereocenters. The summed E-state index contributed by atoms with van der Waals surface area (Å²) >= 11 is 0. The van der Waals surface area contributed by atoms with Gasteiger partial charge in [0.25, 0.3) is 5.91 Å². The number of nitriles is 1. The summed E-state index contributed by atoms with van der Waals surface area (Å²) in [5, 5.41) is 14.4. The third-order valence-electron chi connectivity index (χ3n) is 4.27. The Morgan fingerprint density at radius 1 is 1.19 bits per heavy atom. The van der Waals surface area contributed by atoms with E-state index in [1.54, 1.807) is 6.08 Å². The molecule has 7 nitrogen and oxygen atoms in total. The molecule has 0 aromatic heterocycles. The Morgan fingerprint density at radius 2 is 1.89 bits per heavy atom. The van der Waals surface area contributed by atoms with E-state index < -0.39 is 24.0 Å². The summed E-state index contributed by atoms with van der Waals surface area (Å²) in [5.74, 6) is -1.39. The van der Waals surface area contributed by atoms with Gasteiger partial charge in [0.2, 0.25) is 5.91 Å². The summed E-state index contributed by atoms with van der Waals surface area (Å²) in [7, 11) is 0. The fraction of sp³-hybridized carbons (Fsp3) is 0.400. The maximum Gasteiger partial charge on any atom is 0.308 e. The summed E-state index contributed by atoms with van der Waals surface area (Å²) in [4.78, 5) is 35.2. The highest BCUT2D eigenvalue weighted by Gasteiger charge is 2.35. The fourth-order valence-corrected chi connectivity index (χ4v) is 2.85. The van der Waals surface area contributed by atoms with Crippen molar-refractivity contribution < 1.29 is 19.1 Å². The summed E-state index contributed by atoms with van der Waals surface area (Å²) in [6.45, 7) is -0.315. The molecule has 0 saturated heterocycles. The zero-order valence-electron chi connectivity index (χ0n) is 15.1. The lowest BCUT2D eigenvalue weighted by atomic mass is 10.00. The van der Waals surface area contributed by atoms with Crippen molar-refractivity contribution in [3.8, 4) is 6.07 Å². The first kappa shape index (κ1) is 20.2. The number of benzene rings is 1. The summed E-state index contributed by atoms with van der Waals surface area (Å²) in [5.41, 5.74) is 0.0678. The topological polar surface area (TPSA) is 108 Å². The van der Waals surface area contributed by atoms with E-state index in [1.165, 1.54) is 6.08 Å². The van der Waals surface area contributed by atoms with E-state index >= 15 is 0 Å². The predicted octanol–water partition coefficient (Wildman–Crippen LogP) is 1.70. The average molecular weight is 369 g/mol. The molecule has 1 aromatic carbocycles. The smallest absolute Gasteiger partial charge is 0.308 e. The van der Waals surface area contributed by atoms with Crippen LogP contribution >= 0.6 is 0 Å². The van der Waals surface area contributed by atoms with E-state index in [-0.39, 0.29) is 18.9 Å². The number of hydrogen-bond donors (Lipinski definition) is 2. The van der Waals surface area contributed by atoms with Crippen LogP contribution in [0.15, 0.2) is 36.4 Å². The maximum absolute atomic E-state index is 11.9. The van der Waals surface area contributed by atoms with Gasteiger partial charge in [0.15, 0.2) is 6.61 Å². The minimum atomic E-state index is -0.831. The van der Waals surface area contributed by atoms with Gasteiger partial charge in [-0.25, -0.2) is 0 Å². The lowest BCUT2D eigenvalue weighted by molar-refractivity contribution is -0.148. The third kappa shape index (κ3) is 6.94. The zero-order chi connectivity index (χ0) is 19.5. The monoisotopic (exact) mass is 369 g/mol. The second-order valence-corrected chi connectivity index (χ2v) is 6.39. The first-order valence-electron chi connectivity index (χ1n) is 8.92. The van der Waals surface area contributed by atoms with Crippen LogP contribution < -0.4 is 10.6 Å². The number of nitrogens with zero attached hydrogens (tertiary/aromatic N) is 1. The molecule has 142 valence electrons. The quantitative estimate of drug-likeness (QED) is 0.536. The first-order valence-corrected chi connectivity index (χ1v) is 8.92. The van der Waals surface area contributed by atoms with Crippen molar-refractivity contribution in [2.45, 2.75) is 37.6 Å². The number of nitrogens with one attached hydrogen (secondary N) is 2. The van der Waals surface area contributed by atoms with Gasteiger partial charge in [0.05, 0.1) is 12.5 Å². The van der Waals surface area contributed by atoms with E-state index in [2.05, 4.69) is 16.7 Å². The average Bonchev–Trinajstić information content (AvgIpc) is 3.14. The molecular formula is C20H23N3O4. The molecule has 2 amide bonds. The minimum absolute atomic E-state index is 0.0401. The van der Waals surface area contributed by atoms with Crippen LogP contribution in [0.25, 0.3) is 6.08 Å². The van der Waals surface area contributed by atoms with E-state index in [9.17, 15) is 19.6 Å². The van der Waals surface area contributed by atoms with Crippen LogP contribution in [0.1, 0.15) is 37.7 Å². The van der Waals surface area contributed by atoms with Gasteiger partial charge in [-0.3, -0.25) is 14.4 Å². The molecule has 1 fully saturated rings. The highest BCUT2D eigenvalue weighted by Crippen LogP contribution is 2.28. The van der Waals surface area contributed by atoms with Crippen molar-refractivity contribution >= 4 is 23.9 Å². The van der Waals surface area contributed by atoms with Crippen molar-refractivity contribution in [1.82, 2.24) is 10.6 Å². The van der Waals surface area contributed by atoms with Crippen molar-refractivity contribution in [2.24, 2.45) is 0 Å². The lowest BCUT2D eigenvalue weighted by Crippen LogP contribution is -2.46. The van der Waals surface area contributed by atoms with Gasteiger partial charge in [-0.2, -0.15) is 5.26 Å². The van der Waals surface area contributed by atoms with Gasteiger partial charge in [0, 0.05) is 12.6 Å². The molecule has 27 heavy (non-hydrogen) atoms. The van der Waals surface area contributed by atoms with Crippen molar-refractivity contribution in [3.05, 3.63) is 42.0 Å². The zero-order valence-corrected chi connectivity index (χ0v) is 15.1. The summed E-state index contributed by atoms with van der Waals surface area (Å²) in [6, 6.07) is 11.5. The molecule has 1 saturated carbocycles. The molecule has 2 N–H and O–H groups in total. The molecular weight excluding hydrogens is 346 g/mol. The largest absolute Gasteiger partial charge is 0.456 e. The molecule has 1 aliphatic carbocycles. The lowest BCUT2D eigenvalue weighted by Gasteiger charge is -2.21. The van der Waals surface area contributed by atoms with Gasteiger partial charge in [-0.1, -0.05) is 30.3 Å². The Labute approximate surface area is 158 Å². The molecule has 2 rings (SSSR count). The molecule has 0 spiro atoms. The van der Waals surface area contributed by atoms with E-state index in [1.807, 2.05) is 30.3 Å². The minimum Gasteiger partial charge on any atom is -0.456 e. The normalized spacial score (nSPS) is 15.1. The second-order valence-electron chi connectivity index (χ2n) is 6.39. The molecule has 0 bridgehead atoms. The van der Waals surface area contributed by atoms with Crippen LogP contribution in [0, 0.1) is 11.3 Å². The van der Waals surface area contributed by atoms with Crippen molar-refractivity contribution in [3.63, 3.8) is 0 Å². The van der Waals surface area contributed by atoms with Gasteiger partial charge < -0.3 is 15.4 Å². The number of amides is 2. The van der Waals surface area contributed by atoms with E-state index in [0.717, 1.165) is 18.4 Å². The molecule has 0 radical (unpaired) electrons. The highest BCUT2D eigenvalue weighted by atomic mass is 16.5. The first-order chi connectivity index (χ1) is 13.0. The number of carbonyl (C=O) groups is 3. The molecule has 1 aliphatic rings. The predicted molar refractivity (Wildman–Crippen MR) is 99.0 cm³/mol. The van der Waals surface area contributed by atoms with Gasteiger partial charge >= 0.3 is 5.97 Å². The Morgan fingerprint density at radius 3 is 2.56 bits per heavy atom. The van der Waals surface area contributed by atoms with Crippen LogP contribution in [0.4, 0.5) is 0 Å². The van der Waals surface area contributed by atoms with Crippen LogP contribution in [0.2, 0.25) is 0 Å². The second kappa shape index (κ2) is 10.1. The van der Waals surface area contributed by atoms with Crippen LogP contribution in [-0.2, 0) is 19.1 Å². The molecule has 0 heterocycles. The van der Waals surface area contributed by atoms with Gasteiger partial charge in [0.1, 0.15) is 5.54 Å². The van der Waals surface area contributed by atoms with Gasteiger partial charge in [-0.15, -0.1) is 0 Å².